The number of nitrogens with one attached hydrogen (secondary N) is 1. The van der Waals surface area contributed by atoms with Crippen LogP contribution in [0.1, 0.15) is 39.5 Å². The molecule has 1 N–H and O–H groups in total. The Morgan fingerprint density at radius 1 is 1.26 bits per heavy atom. The number of rotatable bonds is 2. The first-order chi connectivity index (χ1) is 9.05. The van der Waals surface area contributed by atoms with Crippen LogP contribution in [0.2, 0.25) is 0 Å². The van der Waals surface area contributed by atoms with E-state index < -0.39 is 5.54 Å². The van der Waals surface area contributed by atoms with Gasteiger partial charge in [-0.05, 0) is 56.3 Å². The van der Waals surface area contributed by atoms with Crippen molar-refractivity contribution >= 4 is 11.8 Å². The van der Waals surface area contributed by atoms with Gasteiger partial charge in [-0.1, -0.05) is 6.92 Å². The Kier molecular flexibility index (Phi) is 2.18. The number of piperazine rings is 1. The van der Waals surface area contributed by atoms with Gasteiger partial charge in [-0.2, -0.15) is 0 Å². The largest absolute Gasteiger partial charge is 0.340 e. The highest BCUT2D eigenvalue weighted by Gasteiger charge is 2.68. The lowest BCUT2D eigenvalue weighted by atomic mass is 9.93. The Labute approximate surface area is 113 Å². The highest BCUT2D eigenvalue weighted by atomic mass is 16.2. The van der Waals surface area contributed by atoms with E-state index in [4.69, 9.17) is 0 Å². The molecule has 1 heterocycles. The van der Waals surface area contributed by atoms with E-state index in [9.17, 15) is 9.59 Å². The molecule has 19 heavy (non-hydrogen) atoms. The lowest BCUT2D eigenvalue weighted by Crippen LogP contribution is -2.65. The van der Waals surface area contributed by atoms with Gasteiger partial charge in [-0.3, -0.25) is 9.59 Å². The van der Waals surface area contributed by atoms with Gasteiger partial charge in [0.2, 0.25) is 11.8 Å². The van der Waals surface area contributed by atoms with Crippen LogP contribution in [0.3, 0.4) is 0 Å². The van der Waals surface area contributed by atoms with Crippen molar-refractivity contribution in [2.24, 2.45) is 23.7 Å². The molecule has 2 bridgehead atoms. The van der Waals surface area contributed by atoms with Gasteiger partial charge in [0, 0.05) is 6.04 Å². The molecule has 0 aromatic rings. The van der Waals surface area contributed by atoms with E-state index in [2.05, 4.69) is 5.32 Å². The summed E-state index contributed by atoms with van der Waals surface area (Å²) in [6.07, 6.45) is 4.75. The summed E-state index contributed by atoms with van der Waals surface area (Å²) in [5, 5.41) is 2.88. The first-order valence-electron chi connectivity index (χ1n) is 7.67. The number of fused-ring (bicyclic) bond motifs is 5. The molecule has 4 heteroatoms. The van der Waals surface area contributed by atoms with E-state index in [1.807, 2.05) is 18.7 Å². The number of amides is 2. The van der Waals surface area contributed by atoms with Gasteiger partial charge < -0.3 is 10.2 Å². The summed E-state index contributed by atoms with van der Waals surface area (Å²) in [4.78, 5) is 26.5. The average Bonchev–Trinajstić information content (AvgIpc) is 2.81. The van der Waals surface area contributed by atoms with Gasteiger partial charge in [0.05, 0.1) is 6.54 Å². The van der Waals surface area contributed by atoms with Crippen LogP contribution < -0.4 is 5.32 Å². The third kappa shape index (κ3) is 1.40. The van der Waals surface area contributed by atoms with Crippen molar-refractivity contribution in [1.29, 1.82) is 0 Å². The van der Waals surface area contributed by atoms with Crippen LogP contribution in [-0.4, -0.2) is 34.8 Å². The van der Waals surface area contributed by atoms with Crippen LogP contribution in [0.5, 0.6) is 0 Å². The maximum atomic E-state index is 12.7. The third-order valence-electron chi connectivity index (χ3n) is 6.22. The van der Waals surface area contributed by atoms with Crippen LogP contribution in [0.4, 0.5) is 0 Å². The minimum Gasteiger partial charge on any atom is -0.340 e. The maximum absolute atomic E-state index is 12.7. The summed E-state index contributed by atoms with van der Waals surface area (Å²) < 4.78 is 0. The van der Waals surface area contributed by atoms with Gasteiger partial charge >= 0.3 is 0 Å². The zero-order valence-corrected chi connectivity index (χ0v) is 11.7. The Morgan fingerprint density at radius 3 is 2.47 bits per heavy atom. The summed E-state index contributed by atoms with van der Waals surface area (Å²) in [6.45, 7) is 4.12. The Balaban J connectivity index is 1.59. The summed E-state index contributed by atoms with van der Waals surface area (Å²) in [5.74, 6) is 3.27. The smallest absolute Gasteiger partial charge is 0.248 e. The molecule has 4 fully saturated rings. The minimum atomic E-state index is -0.675. The molecule has 1 aliphatic heterocycles. The zero-order chi connectivity index (χ0) is 13.4. The molecule has 3 aliphatic carbocycles. The number of carbonyl (C=O) groups is 2. The van der Waals surface area contributed by atoms with E-state index in [1.165, 1.54) is 19.3 Å². The average molecular weight is 262 g/mol. The zero-order valence-electron chi connectivity index (χ0n) is 11.7. The summed E-state index contributed by atoms with van der Waals surface area (Å²) in [5.41, 5.74) is -0.675. The normalized spacial score (nSPS) is 51.3. The summed E-state index contributed by atoms with van der Waals surface area (Å²) >= 11 is 0. The number of nitrogens with zero attached hydrogens (tertiary/aromatic N) is 1. The van der Waals surface area contributed by atoms with Gasteiger partial charge in [-0.15, -0.1) is 0 Å². The first kappa shape index (κ1) is 11.7. The van der Waals surface area contributed by atoms with Crippen molar-refractivity contribution in [1.82, 2.24) is 10.2 Å². The number of hydrogen-bond acceptors (Lipinski definition) is 2. The molecule has 0 aromatic heterocycles. The number of carbonyl (C=O) groups excluding carboxylic acids is 2. The molecular weight excluding hydrogens is 240 g/mol. The predicted molar refractivity (Wildman–Crippen MR) is 70.2 cm³/mol. The lowest BCUT2D eigenvalue weighted by molar-refractivity contribution is -0.150. The Morgan fingerprint density at radius 2 is 1.89 bits per heavy atom. The van der Waals surface area contributed by atoms with Crippen LogP contribution in [0, 0.1) is 23.7 Å². The van der Waals surface area contributed by atoms with Crippen molar-refractivity contribution in [3.05, 3.63) is 0 Å². The van der Waals surface area contributed by atoms with Crippen molar-refractivity contribution < 1.29 is 9.59 Å². The Bertz CT molecular complexity index is 447. The van der Waals surface area contributed by atoms with Crippen LogP contribution in [0.15, 0.2) is 0 Å². The highest BCUT2D eigenvalue weighted by molar-refractivity contribution is 5.98. The second-order valence-electron chi connectivity index (χ2n) is 7.15. The minimum absolute atomic E-state index is 0.0151. The lowest BCUT2D eigenvalue weighted by Gasteiger charge is -2.40. The standard InChI is InChI=1S/C15H22N2O2/c1-3-15(2)14(19)17(7-10(18)16-15)13-11-8-4-5-9(6-8)12(11)13/h8-9,11-13H,3-7H2,1-2H3,(H,16,18). The number of hydrogen-bond donors (Lipinski definition) is 1. The van der Waals surface area contributed by atoms with E-state index in [1.54, 1.807) is 0 Å². The maximum Gasteiger partial charge on any atom is 0.248 e. The molecular formula is C15H22N2O2. The van der Waals surface area contributed by atoms with Crippen molar-refractivity contribution in [2.75, 3.05) is 6.54 Å². The van der Waals surface area contributed by atoms with Gasteiger partial charge in [0.1, 0.15) is 5.54 Å². The molecule has 104 valence electrons. The predicted octanol–water partition coefficient (Wildman–Crippen LogP) is 1.16. The molecule has 4 nitrogen and oxygen atoms in total. The van der Waals surface area contributed by atoms with Crippen LogP contribution in [0.25, 0.3) is 0 Å². The van der Waals surface area contributed by atoms with Crippen molar-refractivity contribution in [3.63, 3.8) is 0 Å². The van der Waals surface area contributed by atoms with E-state index in [0.29, 0.717) is 12.5 Å². The third-order valence-corrected chi connectivity index (χ3v) is 6.22. The molecule has 1 saturated heterocycles. The van der Waals surface area contributed by atoms with Crippen molar-refractivity contribution in [2.45, 2.75) is 51.1 Å². The highest BCUT2D eigenvalue weighted by Crippen LogP contribution is 2.67. The molecule has 3 saturated carbocycles. The van der Waals surface area contributed by atoms with E-state index >= 15 is 0 Å². The molecule has 4 aliphatic rings. The fourth-order valence-electron chi connectivity index (χ4n) is 5.12. The first-order valence-corrected chi connectivity index (χ1v) is 7.67. The second-order valence-corrected chi connectivity index (χ2v) is 7.15. The monoisotopic (exact) mass is 262 g/mol. The molecule has 4 rings (SSSR count). The Hall–Kier alpha value is -1.06. The fraction of sp³-hybridized carbons (Fsp3) is 0.867. The molecule has 0 spiro atoms. The van der Waals surface area contributed by atoms with E-state index in [-0.39, 0.29) is 18.4 Å². The van der Waals surface area contributed by atoms with Crippen molar-refractivity contribution in [3.8, 4) is 0 Å². The molecule has 0 radical (unpaired) electrons. The molecule has 0 aromatic carbocycles. The fourth-order valence-corrected chi connectivity index (χ4v) is 5.12. The van der Waals surface area contributed by atoms with E-state index in [0.717, 1.165) is 23.7 Å². The molecule has 2 amide bonds. The molecule has 5 unspecified atom stereocenters. The van der Waals surface area contributed by atoms with Crippen LogP contribution in [-0.2, 0) is 9.59 Å². The second kappa shape index (κ2) is 3.53. The summed E-state index contributed by atoms with van der Waals surface area (Å²) in [7, 11) is 0. The van der Waals surface area contributed by atoms with Gasteiger partial charge in [0.15, 0.2) is 0 Å². The molecule has 5 atom stereocenters. The quantitative estimate of drug-likeness (QED) is 0.812. The van der Waals surface area contributed by atoms with Gasteiger partial charge in [0.25, 0.3) is 0 Å². The SMILES string of the molecule is CCC1(C)NC(=O)CN(C2C3C4CCC(C4)C32)C1=O. The van der Waals surface area contributed by atoms with Gasteiger partial charge in [-0.25, -0.2) is 0 Å². The summed E-state index contributed by atoms with van der Waals surface area (Å²) in [6, 6.07) is 0.385. The van der Waals surface area contributed by atoms with Crippen LogP contribution >= 0.6 is 0 Å². The topological polar surface area (TPSA) is 49.4 Å².